The molecule has 132 valence electrons. The van der Waals surface area contributed by atoms with Crippen LogP contribution in [0, 0.1) is 12.8 Å². The lowest BCUT2D eigenvalue weighted by atomic mass is 9.96. The minimum atomic E-state index is -0.0641. The van der Waals surface area contributed by atoms with E-state index in [1.807, 2.05) is 24.4 Å². The van der Waals surface area contributed by atoms with E-state index in [1.165, 1.54) is 11.3 Å². The van der Waals surface area contributed by atoms with Gasteiger partial charge >= 0.3 is 0 Å². The normalized spacial score (nSPS) is 15.7. The highest BCUT2D eigenvalue weighted by molar-refractivity contribution is 7.13. The van der Waals surface area contributed by atoms with Crippen molar-refractivity contribution < 1.29 is 9.59 Å². The van der Waals surface area contributed by atoms with Crippen LogP contribution < -0.4 is 10.6 Å². The van der Waals surface area contributed by atoms with Gasteiger partial charge in [-0.25, -0.2) is 9.97 Å². The van der Waals surface area contributed by atoms with Crippen LogP contribution in [0.5, 0.6) is 0 Å². The molecular formula is C17H21N5O2S. The van der Waals surface area contributed by atoms with Crippen LogP contribution in [0.1, 0.15) is 18.5 Å². The van der Waals surface area contributed by atoms with E-state index < -0.39 is 0 Å². The zero-order valence-electron chi connectivity index (χ0n) is 14.1. The van der Waals surface area contributed by atoms with Gasteiger partial charge in [-0.2, -0.15) is 0 Å². The lowest BCUT2D eigenvalue weighted by Gasteiger charge is -2.30. The number of nitrogens with zero attached hydrogens (tertiary/aromatic N) is 3. The molecule has 3 rings (SSSR count). The third-order valence-electron chi connectivity index (χ3n) is 4.11. The topological polar surface area (TPSA) is 87.2 Å². The number of anilines is 2. The molecular weight excluding hydrogens is 338 g/mol. The first kappa shape index (κ1) is 17.5. The zero-order valence-corrected chi connectivity index (χ0v) is 14.9. The first-order valence-corrected chi connectivity index (χ1v) is 9.14. The standard InChI is InChI=1S/C17H21N5O2S/c1-12-11-25-17(19-12)21-15(23)10-22-8-5-13(6-9-22)16(24)20-14-4-2-3-7-18-14/h2-4,7,11,13H,5-6,8-10H2,1H3,(H,18,20,24)(H,19,21,23). The van der Waals surface area contributed by atoms with Crippen molar-refractivity contribution in [3.63, 3.8) is 0 Å². The molecule has 1 aliphatic heterocycles. The molecule has 8 heteroatoms. The SMILES string of the molecule is Cc1csc(NC(=O)CN2CCC(C(=O)Nc3ccccn3)CC2)n1. The van der Waals surface area contributed by atoms with Crippen molar-refractivity contribution in [2.45, 2.75) is 19.8 Å². The second-order valence-corrected chi connectivity index (χ2v) is 6.95. The van der Waals surface area contributed by atoms with E-state index in [0.717, 1.165) is 31.6 Å². The molecule has 0 aliphatic carbocycles. The number of hydrogen-bond acceptors (Lipinski definition) is 6. The fraction of sp³-hybridized carbons (Fsp3) is 0.412. The number of pyridine rings is 1. The van der Waals surface area contributed by atoms with Gasteiger partial charge in [-0.3, -0.25) is 14.5 Å². The Hall–Kier alpha value is -2.32. The molecule has 2 aromatic rings. The second-order valence-electron chi connectivity index (χ2n) is 6.10. The van der Waals surface area contributed by atoms with Gasteiger partial charge in [0.1, 0.15) is 5.82 Å². The maximum absolute atomic E-state index is 12.3. The molecule has 0 radical (unpaired) electrons. The lowest BCUT2D eigenvalue weighted by Crippen LogP contribution is -2.41. The summed E-state index contributed by atoms with van der Waals surface area (Å²) in [5.74, 6) is 0.475. The zero-order chi connectivity index (χ0) is 17.6. The van der Waals surface area contributed by atoms with E-state index in [9.17, 15) is 9.59 Å². The highest BCUT2D eigenvalue weighted by Gasteiger charge is 2.26. The van der Waals surface area contributed by atoms with Gasteiger partial charge in [-0.1, -0.05) is 6.07 Å². The fourth-order valence-corrected chi connectivity index (χ4v) is 3.50. The number of hydrogen-bond donors (Lipinski definition) is 2. The van der Waals surface area contributed by atoms with Crippen LogP contribution >= 0.6 is 11.3 Å². The molecule has 1 fully saturated rings. The van der Waals surface area contributed by atoms with Crippen molar-refractivity contribution in [3.8, 4) is 0 Å². The highest BCUT2D eigenvalue weighted by atomic mass is 32.1. The molecule has 2 aromatic heterocycles. The Balaban J connectivity index is 1.42. The fourth-order valence-electron chi connectivity index (χ4n) is 2.79. The Kier molecular flexibility index (Phi) is 5.72. The molecule has 1 saturated heterocycles. The van der Waals surface area contributed by atoms with Crippen LogP contribution in [-0.4, -0.2) is 46.3 Å². The molecule has 2 N–H and O–H groups in total. The smallest absolute Gasteiger partial charge is 0.240 e. The molecule has 25 heavy (non-hydrogen) atoms. The largest absolute Gasteiger partial charge is 0.310 e. The van der Waals surface area contributed by atoms with Crippen LogP contribution in [0.15, 0.2) is 29.8 Å². The van der Waals surface area contributed by atoms with Crippen LogP contribution in [0.4, 0.5) is 10.9 Å². The Labute approximate surface area is 150 Å². The van der Waals surface area contributed by atoms with Crippen LogP contribution in [0.3, 0.4) is 0 Å². The summed E-state index contributed by atoms with van der Waals surface area (Å²) >= 11 is 1.42. The summed E-state index contributed by atoms with van der Waals surface area (Å²) in [5.41, 5.74) is 0.903. The summed E-state index contributed by atoms with van der Waals surface area (Å²) in [6.45, 7) is 3.68. The van der Waals surface area contributed by atoms with Crippen LogP contribution in [0.25, 0.3) is 0 Å². The number of piperidine rings is 1. The number of likely N-dealkylation sites (tertiary alicyclic amines) is 1. The Morgan fingerprint density at radius 1 is 1.28 bits per heavy atom. The van der Waals surface area contributed by atoms with Gasteiger partial charge in [0.2, 0.25) is 11.8 Å². The number of thiazole rings is 1. The Bertz CT molecular complexity index is 726. The van der Waals surface area contributed by atoms with Crippen molar-refractivity contribution >= 4 is 34.1 Å². The number of rotatable bonds is 5. The summed E-state index contributed by atoms with van der Waals surface area (Å²) in [6, 6.07) is 5.43. The number of aromatic nitrogens is 2. The minimum Gasteiger partial charge on any atom is -0.310 e. The maximum atomic E-state index is 12.3. The number of nitrogens with one attached hydrogen (secondary N) is 2. The Morgan fingerprint density at radius 3 is 2.72 bits per heavy atom. The van der Waals surface area contributed by atoms with Gasteiger partial charge < -0.3 is 10.6 Å². The van der Waals surface area contributed by atoms with Gasteiger partial charge in [-0.15, -0.1) is 11.3 Å². The lowest BCUT2D eigenvalue weighted by molar-refractivity contribution is -0.121. The molecule has 0 unspecified atom stereocenters. The molecule has 7 nitrogen and oxygen atoms in total. The number of amides is 2. The van der Waals surface area contributed by atoms with E-state index in [2.05, 4.69) is 25.5 Å². The molecule has 1 aliphatic rings. The van der Waals surface area contributed by atoms with Gasteiger partial charge in [0, 0.05) is 17.5 Å². The van der Waals surface area contributed by atoms with Crippen LogP contribution in [0.2, 0.25) is 0 Å². The van der Waals surface area contributed by atoms with E-state index in [1.54, 1.807) is 12.3 Å². The van der Waals surface area contributed by atoms with Gasteiger partial charge in [-0.05, 0) is 45.0 Å². The third-order valence-corrected chi connectivity index (χ3v) is 4.98. The minimum absolute atomic E-state index is 0.000984. The monoisotopic (exact) mass is 359 g/mol. The number of aryl methyl sites for hydroxylation is 1. The first-order valence-electron chi connectivity index (χ1n) is 8.26. The molecule has 0 aromatic carbocycles. The van der Waals surface area contributed by atoms with E-state index in [0.29, 0.717) is 17.5 Å². The van der Waals surface area contributed by atoms with E-state index in [4.69, 9.17) is 0 Å². The first-order chi connectivity index (χ1) is 12.1. The van der Waals surface area contributed by atoms with Crippen LogP contribution in [-0.2, 0) is 9.59 Å². The van der Waals surface area contributed by atoms with Gasteiger partial charge in [0.15, 0.2) is 5.13 Å². The number of carbonyl (C=O) groups is 2. The van der Waals surface area contributed by atoms with Crippen molar-refractivity contribution in [1.82, 2.24) is 14.9 Å². The highest BCUT2D eigenvalue weighted by Crippen LogP contribution is 2.19. The van der Waals surface area contributed by atoms with E-state index >= 15 is 0 Å². The average molecular weight is 359 g/mol. The summed E-state index contributed by atoms with van der Waals surface area (Å²) in [4.78, 5) is 34.8. The van der Waals surface area contributed by atoms with Crippen molar-refractivity contribution in [3.05, 3.63) is 35.5 Å². The summed E-state index contributed by atoms with van der Waals surface area (Å²) in [5, 5.41) is 8.20. The molecule has 2 amide bonds. The second kappa shape index (κ2) is 8.17. The van der Waals surface area contributed by atoms with Gasteiger partial charge in [0.05, 0.1) is 12.2 Å². The third kappa shape index (κ3) is 5.07. The number of carbonyl (C=O) groups excluding carboxylic acids is 2. The summed E-state index contributed by atoms with van der Waals surface area (Å²) in [6.07, 6.45) is 3.13. The van der Waals surface area contributed by atoms with Crippen molar-refractivity contribution in [2.75, 3.05) is 30.3 Å². The summed E-state index contributed by atoms with van der Waals surface area (Å²) in [7, 11) is 0. The molecule has 0 bridgehead atoms. The summed E-state index contributed by atoms with van der Waals surface area (Å²) < 4.78 is 0. The maximum Gasteiger partial charge on any atom is 0.240 e. The Morgan fingerprint density at radius 2 is 2.08 bits per heavy atom. The van der Waals surface area contributed by atoms with Crippen molar-refractivity contribution in [1.29, 1.82) is 0 Å². The predicted octanol–water partition coefficient (Wildman–Crippen LogP) is 2.14. The van der Waals surface area contributed by atoms with E-state index in [-0.39, 0.29) is 17.7 Å². The predicted molar refractivity (Wildman–Crippen MR) is 97.5 cm³/mol. The van der Waals surface area contributed by atoms with Gasteiger partial charge in [0.25, 0.3) is 0 Å². The molecule has 0 spiro atoms. The quantitative estimate of drug-likeness (QED) is 0.854. The van der Waals surface area contributed by atoms with Crippen molar-refractivity contribution in [2.24, 2.45) is 5.92 Å². The average Bonchev–Trinajstić information content (AvgIpc) is 3.01. The molecule has 3 heterocycles. The molecule has 0 atom stereocenters. The molecule has 0 saturated carbocycles.